The van der Waals surface area contributed by atoms with Gasteiger partial charge in [-0.2, -0.15) is 0 Å². The maximum atomic E-state index is 13.9. The average molecular weight is 377 g/mol. The Kier molecular flexibility index (Phi) is 4.03. The van der Waals surface area contributed by atoms with Gasteiger partial charge in [0.1, 0.15) is 0 Å². The van der Waals surface area contributed by atoms with Crippen LogP contribution in [0.5, 0.6) is 0 Å². The van der Waals surface area contributed by atoms with Crippen molar-refractivity contribution in [1.82, 2.24) is 10.2 Å². The van der Waals surface area contributed by atoms with Crippen molar-refractivity contribution in [3.63, 3.8) is 0 Å². The maximum absolute atomic E-state index is 13.9. The number of carbonyl (C=O) groups is 3. The Balaban J connectivity index is 1.94. The van der Waals surface area contributed by atoms with Crippen LogP contribution in [-0.4, -0.2) is 34.7 Å². The summed E-state index contributed by atoms with van der Waals surface area (Å²) in [5, 5.41) is 2.93. The van der Waals surface area contributed by atoms with Crippen LogP contribution in [0.4, 0.5) is 11.4 Å². The van der Waals surface area contributed by atoms with Crippen LogP contribution in [0.3, 0.4) is 0 Å². The predicted octanol–water partition coefficient (Wildman–Crippen LogP) is 2.71. The number of rotatable bonds is 3. The lowest BCUT2D eigenvalue weighted by atomic mass is 9.84. The summed E-state index contributed by atoms with van der Waals surface area (Å²) in [7, 11) is 0. The molecule has 28 heavy (non-hydrogen) atoms. The first-order chi connectivity index (χ1) is 13.3. The van der Waals surface area contributed by atoms with Crippen LogP contribution >= 0.6 is 0 Å². The van der Waals surface area contributed by atoms with Gasteiger partial charge in [0.05, 0.1) is 5.69 Å². The highest BCUT2D eigenvalue weighted by atomic mass is 16.2. The molecule has 1 saturated heterocycles. The molecule has 0 aliphatic carbocycles. The number of anilines is 2. The second-order valence-corrected chi connectivity index (χ2v) is 8.20. The number of carbonyl (C=O) groups excluding carboxylic acids is 3. The number of benzene rings is 2. The minimum Gasteiger partial charge on any atom is -0.349 e. The van der Waals surface area contributed by atoms with E-state index in [1.165, 1.54) is 4.90 Å². The quantitative estimate of drug-likeness (QED) is 0.660. The summed E-state index contributed by atoms with van der Waals surface area (Å²) in [5.41, 5.74) is -0.401. The molecule has 0 bridgehead atoms. The molecule has 3 amide bonds. The molecule has 1 unspecified atom stereocenters. The van der Waals surface area contributed by atoms with Gasteiger partial charge >= 0.3 is 0 Å². The van der Waals surface area contributed by atoms with Crippen molar-refractivity contribution < 1.29 is 14.4 Å². The van der Waals surface area contributed by atoms with Gasteiger partial charge in [-0.15, -0.1) is 0 Å². The van der Waals surface area contributed by atoms with Crippen LogP contribution in [0.2, 0.25) is 0 Å². The van der Waals surface area contributed by atoms with Crippen LogP contribution < -0.4 is 10.2 Å². The molecule has 1 fully saturated rings. The lowest BCUT2D eigenvalue weighted by Gasteiger charge is -2.44. The van der Waals surface area contributed by atoms with Crippen LogP contribution in [0.25, 0.3) is 0 Å². The van der Waals surface area contributed by atoms with E-state index in [-0.39, 0.29) is 5.91 Å². The van der Waals surface area contributed by atoms with Gasteiger partial charge in [0.15, 0.2) is 0 Å². The summed E-state index contributed by atoms with van der Waals surface area (Å²) in [6, 6.07) is 16.4. The number of hydrogen-bond acceptors (Lipinski definition) is 3. The summed E-state index contributed by atoms with van der Waals surface area (Å²) < 4.78 is 0. The van der Waals surface area contributed by atoms with Gasteiger partial charge in [-0.05, 0) is 39.0 Å². The molecule has 6 heteroatoms. The molecule has 2 aliphatic rings. The van der Waals surface area contributed by atoms with Gasteiger partial charge in [-0.1, -0.05) is 36.4 Å². The monoisotopic (exact) mass is 377 g/mol. The van der Waals surface area contributed by atoms with E-state index in [4.69, 9.17) is 0 Å². The third-order valence-electron chi connectivity index (χ3n) is 5.13. The molecule has 0 radical (unpaired) electrons. The van der Waals surface area contributed by atoms with E-state index in [1.54, 1.807) is 17.0 Å². The van der Waals surface area contributed by atoms with Crippen LogP contribution in [0.1, 0.15) is 32.8 Å². The van der Waals surface area contributed by atoms with E-state index in [9.17, 15) is 14.4 Å². The van der Waals surface area contributed by atoms with Gasteiger partial charge in [0.2, 0.25) is 11.4 Å². The number of likely N-dealkylation sites (tertiary alicyclic amines) is 1. The molecule has 0 spiro atoms. The van der Waals surface area contributed by atoms with E-state index < -0.39 is 22.9 Å². The first kappa shape index (κ1) is 18.2. The number of β-lactam (4-membered cyclic amide) rings is 1. The van der Waals surface area contributed by atoms with E-state index in [0.717, 1.165) is 0 Å². The summed E-state index contributed by atoms with van der Waals surface area (Å²) in [5.74, 6) is -1.08. The zero-order chi connectivity index (χ0) is 20.1. The Morgan fingerprint density at radius 3 is 2.21 bits per heavy atom. The van der Waals surface area contributed by atoms with Gasteiger partial charge in [0.25, 0.3) is 11.8 Å². The van der Waals surface area contributed by atoms with Crippen molar-refractivity contribution in [2.45, 2.75) is 38.3 Å². The van der Waals surface area contributed by atoms with E-state index >= 15 is 0 Å². The number of nitrogens with zero attached hydrogens (tertiary/aromatic N) is 2. The highest BCUT2D eigenvalue weighted by Gasteiger charge is 2.63. The Morgan fingerprint density at radius 2 is 1.64 bits per heavy atom. The lowest BCUT2D eigenvalue weighted by Crippen LogP contribution is -2.68. The zero-order valence-corrected chi connectivity index (χ0v) is 16.2. The molecule has 1 N–H and O–H groups in total. The highest BCUT2D eigenvalue weighted by Crippen LogP contribution is 2.49. The van der Waals surface area contributed by atoms with E-state index in [2.05, 4.69) is 5.32 Å². The van der Waals surface area contributed by atoms with E-state index in [0.29, 0.717) is 29.9 Å². The summed E-state index contributed by atoms with van der Waals surface area (Å²) in [4.78, 5) is 42.8. The number of amides is 3. The Bertz CT molecular complexity index is 964. The second kappa shape index (κ2) is 6.19. The molecule has 1 atom stereocenters. The van der Waals surface area contributed by atoms with Crippen molar-refractivity contribution in [1.29, 1.82) is 0 Å². The third kappa shape index (κ3) is 2.52. The van der Waals surface area contributed by atoms with Crippen LogP contribution in [0, 0.1) is 0 Å². The van der Waals surface area contributed by atoms with Gasteiger partial charge < -0.3 is 10.2 Å². The van der Waals surface area contributed by atoms with Crippen molar-refractivity contribution in [3.05, 3.63) is 60.2 Å². The number of hydrogen-bond donors (Lipinski definition) is 1. The highest BCUT2D eigenvalue weighted by molar-refractivity contribution is 6.25. The molecule has 2 aromatic carbocycles. The molecule has 2 aromatic rings. The smallest absolute Gasteiger partial charge is 0.272 e. The molecule has 4 rings (SSSR count). The second-order valence-electron chi connectivity index (χ2n) is 8.20. The largest absolute Gasteiger partial charge is 0.349 e. The minimum atomic E-state index is -1.69. The first-order valence-corrected chi connectivity index (χ1v) is 9.39. The topological polar surface area (TPSA) is 69.7 Å². The van der Waals surface area contributed by atoms with Crippen LogP contribution in [0.15, 0.2) is 54.6 Å². The van der Waals surface area contributed by atoms with Gasteiger partial charge in [-0.3, -0.25) is 19.3 Å². The molecular weight excluding hydrogens is 354 g/mol. The fourth-order valence-corrected chi connectivity index (χ4v) is 3.90. The molecule has 2 heterocycles. The van der Waals surface area contributed by atoms with Crippen molar-refractivity contribution >= 4 is 29.1 Å². The fraction of sp³-hybridized carbons (Fsp3) is 0.318. The molecular formula is C22H23N3O3. The number of fused-ring (bicyclic) bond motifs is 1. The Morgan fingerprint density at radius 1 is 1.00 bits per heavy atom. The summed E-state index contributed by atoms with van der Waals surface area (Å²) >= 11 is 0. The van der Waals surface area contributed by atoms with E-state index in [1.807, 2.05) is 63.2 Å². The first-order valence-electron chi connectivity index (χ1n) is 9.39. The minimum absolute atomic E-state index is 0.192. The molecule has 2 aliphatic heterocycles. The normalized spacial score (nSPS) is 21.4. The van der Waals surface area contributed by atoms with Crippen LogP contribution in [-0.2, 0) is 19.9 Å². The number of para-hydroxylation sites is 2. The number of nitrogens with one attached hydrogen (secondary N) is 1. The Hall–Kier alpha value is -3.15. The zero-order valence-electron chi connectivity index (χ0n) is 16.2. The molecule has 144 valence electrons. The standard InChI is InChI=1S/C22H23N3O3/c1-21(2,3)23-19(27)22(24-14-13-18(24)26)16-11-7-8-12-17(16)25(20(22)28)15-9-5-4-6-10-15/h4-12H,13-14H2,1-3H3,(H,23,27). The Labute approximate surface area is 164 Å². The molecule has 6 nitrogen and oxygen atoms in total. The molecule has 0 saturated carbocycles. The van der Waals surface area contributed by atoms with Gasteiger partial charge in [-0.25, -0.2) is 0 Å². The predicted molar refractivity (Wildman–Crippen MR) is 106 cm³/mol. The fourth-order valence-electron chi connectivity index (χ4n) is 3.90. The van der Waals surface area contributed by atoms with Crippen molar-refractivity contribution in [2.24, 2.45) is 0 Å². The molecule has 0 aromatic heterocycles. The van der Waals surface area contributed by atoms with Crippen molar-refractivity contribution in [3.8, 4) is 0 Å². The maximum Gasteiger partial charge on any atom is 0.272 e. The van der Waals surface area contributed by atoms with Crippen molar-refractivity contribution in [2.75, 3.05) is 11.4 Å². The SMILES string of the molecule is CC(C)(C)NC(=O)C1(N2CCC2=O)C(=O)N(c2ccccc2)c2ccccc21. The average Bonchev–Trinajstić information content (AvgIpc) is 2.89. The summed E-state index contributed by atoms with van der Waals surface area (Å²) in [6.45, 7) is 5.95. The van der Waals surface area contributed by atoms with Gasteiger partial charge in [0, 0.05) is 29.8 Å². The summed E-state index contributed by atoms with van der Waals surface area (Å²) in [6.07, 6.45) is 0.339. The lowest BCUT2D eigenvalue weighted by molar-refractivity contribution is -0.163. The third-order valence-corrected chi connectivity index (χ3v) is 5.13.